The van der Waals surface area contributed by atoms with Crippen LogP contribution in [0.4, 0.5) is 0 Å². The number of hydrogen-bond donors (Lipinski definition) is 1. The maximum absolute atomic E-state index is 12.7. The fourth-order valence-electron chi connectivity index (χ4n) is 3.66. The fourth-order valence-corrected chi connectivity index (χ4v) is 3.66. The number of amides is 1. The average molecular weight is 266 g/mol. The Hall–Kier alpha value is -0.900. The van der Waals surface area contributed by atoms with E-state index in [-0.39, 0.29) is 23.8 Å². The summed E-state index contributed by atoms with van der Waals surface area (Å²) in [6.07, 6.45) is 7.81. The standard InChI is InChI=1S/C15H26N2O2/c1-11(18)13-9-6-10-17(13)15(19)14(16-2)12-7-4-3-5-8-12/h12-14,16H,3-10H2,1-2H3/t13?,14-/m0/s1. The van der Waals surface area contributed by atoms with Crippen molar-refractivity contribution in [3.8, 4) is 0 Å². The summed E-state index contributed by atoms with van der Waals surface area (Å²) in [7, 11) is 1.87. The van der Waals surface area contributed by atoms with E-state index in [1.807, 2.05) is 11.9 Å². The Bertz CT molecular complexity index is 337. The number of rotatable bonds is 4. The molecule has 1 heterocycles. The van der Waals surface area contributed by atoms with Gasteiger partial charge in [0.2, 0.25) is 5.91 Å². The van der Waals surface area contributed by atoms with Crippen molar-refractivity contribution in [3.63, 3.8) is 0 Å². The Morgan fingerprint density at radius 2 is 1.79 bits per heavy atom. The number of nitrogens with zero attached hydrogens (tertiary/aromatic N) is 1. The molecule has 1 unspecified atom stereocenters. The zero-order valence-electron chi connectivity index (χ0n) is 12.2. The minimum Gasteiger partial charge on any atom is -0.331 e. The van der Waals surface area contributed by atoms with Crippen LogP contribution in [0.15, 0.2) is 0 Å². The molecule has 0 aromatic rings. The highest BCUT2D eigenvalue weighted by molar-refractivity contribution is 5.90. The van der Waals surface area contributed by atoms with Gasteiger partial charge in [-0.25, -0.2) is 0 Å². The first-order chi connectivity index (χ1) is 9.15. The smallest absolute Gasteiger partial charge is 0.240 e. The summed E-state index contributed by atoms with van der Waals surface area (Å²) in [5, 5.41) is 3.21. The van der Waals surface area contributed by atoms with Crippen LogP contribution >= 0.6 is 0 Å². The average Bonchev–Trinajstić information content (AvgIpc) is 2.90. The Labute approximate surface area is 115 Å². The second-order valence-corrected chi connectivity index (χ2v) is 5.96. The summed E-state index contributed by atoms with van der Waals surface area (Å²) in [5.74, 6) is 0.718. The molecule has 1 saturated heterocycles. The van der Waals surface area contributed by atoms with Gasteiger partial charge in [-0.05, 0) is 45.6 Å². The molecule has 0 radical (unpaired) electrons. The third-order valence-electron chi connectivity index (χ3n) is 4.70. The van der Waals surface area contributed by atoms with Gasteiger partial charge in [0.05, 0.1) is 12.1 Å². The number of likely N-dealkylation sites (N-methyl/N-ethyl adjacent to an activating group) is 1. The van der Waals surface area contributed by atoms with E-state index in [0.29, 0.717) is 5.92 Å². The molecule has 2 rings (SSSR count). The minimum atomic E-state index is -0.174. The van der Waals surface area contributed by atoms with Gasteiger partial charge >= 0.3 is 0 Å². The van der Waals surface area contributed by atoms with Crippen LogP contribution in [-0.4, -0.2) is 42.3 Å². The summed E-state index contributed by atoms with van der Waals surface area (Å²) < 4.78 is 0. The molecule has 4 heteroatoms. The van der Waals surface area contributed by atoms with Crippen molar-refractivity contribution in [2.24, 2.45) is 5.92 Å². The molecule has 1 aliphatic carbocycles. The van der Waals surface area contributed by atoms with E-state index in [9.17, 15) is 9.59 Å². The van der Waals surface area contributed by atoms with Gasteiger partial charge < -0.3 is 10.2 Å². The van der Waals surface area contributed by atoms with E-state index in [2.05, 4.69) is 5.32 Å². The van der Waals surface area contributed by atoms with Gasteiger partial charge in [0.25, 0.3) is 0 Å². The van der Waals surface area contributed by atoms with Crippen molar-refractivity contribution in [3.05, 3.63) is 0 Å². The molecule has 0 bridgehead atoms. The highest BCUT2D eigenvalue weighted by atomic mass is 16.2. The Kier molecular flexibility index (Phi) is 4.97. The number of nitrogens with one attached hydrogen (secondary N) is 1. The highest BCUT2D eigenvalue weighted by Gasteiger charge is 2.37. The van der Waals surface area contributed by atoms with Crippen molar-refractivity contribution in [2.45, 2.75) is 64.0 Å². The third kappa shape index (κ3) is 3.16. The first-order valence-electron chi connectivity index (χ1n) is 7.63. The van der Waals surface area contributed by atoms with E-state index in [4.69, 9.17) is 0 Å². The Morgan fingerprint density at radius 3 is 2.37 bits per heavy atom. The van der Waals surface area contributed by atoms with E-state index >= 15 is 0 Å². The van der Waals surface area contributed by atoms with Gasteiger partial charge in [-0.1, -0.05) is 19.3 Å². The van der Waals surface area contributed by atoms with Gasteiger partial charge in [0, 0.05) is 6.54 Å². The Balaban J connectivity index is 2.05. The minimum absolute atomic E-state index is 0.0970. The number of likely N-dealkylation sites (tertiary alicyclic amines) is 1. The molecule has 0 aromatic carbocycles. The first kappa shape index (κ1) is 14.5. The van der Waals surface area contributed by atoms with Crippen molar-refractivity contribution in [1.82, 2.24) is 10.2 Å². The van der Waals surface area contributed by atoms with Gasteiger partial charge in [-0.3, -0.25) is 9.59 Å². The van der Waals surface area contributed by atoms with E-state index in [1.165, 1.54) is 19.3 Å². The molecule has 1 N–H and O–H groups in total. The number of hydrogen-bond acceptors (Lipinski definition) is 3. The number of carbonyl (C=O) groups excluding carboxylic acids is 2. The van der Waals surface area contributed by atoms with Gasteiger partial charge in [-0.15, -0.1) is 0 Å². The van der Waals surface area contributed by atoms with Crippen LogP contribution in [0.5, 0.6) is 0 Å². The SMILES string of the molecule is CN[C@H](C(=O)N1CCCC1C(C)=O)C1CCCCC1. The maximum Gasteiger partial charge on any atom is 0.240 e. The van der Waals surface area contributed by atoms with Crippen LogP contribution in [-0.2, 0) is 9.59 Å². The third-order valence-corrected chi connectivity index (χ3v) is 4.70. The number of carbonyl (C=O) groups is 2. The quantitative estimate of drug-likeness (QED) is 0.843. The molecule has 1 saturated carbocycles. The van der Waals surface area contributed by atoms with Crippen LogP contribution in [0, 0.1) is 5.92 Å². The maximum atomic E-state index is 12.7. The number of Topliss-reactive ketones (excluding diaryl/α,β-unsaturated/α-hetero) is 1. The molecule has 0 spiro atoms. The topological polar surface area (TPSA) is 49.4 Å². The number of ketones is 1. The van der Waals surface area contributed by atoms with Crippen LogP contribution in [0.3, 0.4) is 0 Å². The van der Waals surface area contributed by atoms with Crippen molar-refractivity contribution in [1.29, 1.82) is 0 Å². The molecule has 0 aromatic heterocycles. The Morgan fingerprint density at radius 1 is 1.11 bits per heavy atom. The lowest BCUT2D eigenvalue weighted by molar-refractivity contribution is -0.140. The van der Waals surface area contributed by atoms with E-state index < -0.39 is 0 Å². The summed E-state index contributed by atoms with van der Waals surface area (Å²) in [6, 6.07) is -0.271. The molecule has 19 heavy (non-hydrogen) atoms. The van der Waals surface area contributed by atoms with Gasteiger partial charge in [0.1, 0.15) is 0 Å². The summed E-state index contributed by atoms with van der Waals surface area (Å²) in [6.45, 7) is 2.35. The van der Waals surface area contributed by atoms with Gasteiger partial charge in [0.15, 0.2) is 5.78 Å². The highest BCUT2D eigenvalue weighted by Crippen LogP contribution is 2.29. The summed E-state index contributed by atoms with van der Waals surface area (Å²) in [4.78, 5) is 26.2. The van der Waals surface area contributed by atoms with Crippen molar-refractivity contribution in [2.75, 3.05) is 13.6 Å². The van der Waals surface area contributed by atoms with Crippen LogP contribution in [0.2, 0.25) is 0 Å². The van der Waals surface area contributed by atoms with Crippen LogP contribution < -0.4 is 5.32 Å². The lowest BCUT2D eigenvalue weighted by Crippen LogP contribution is -2.52. The molecule has 1 amide bonds. The molecule has 2 aliphatic rings. The fraction of sp³-hybridized carbons (Fsp3) is 0.867. The van der Waals surface area contributed by atoms with Crippen LogP contribution in [0.25, 0.3) is 0 Å². The lowest BCUT2D eigenvalue weighted by Gasteiger charge is -2.33. The molecule has 108 valence electrons. The first-order valence-corrected chi connectivity index (χ1v) is 7.63. The largest absolute Gasteiger partial charge is 0.331 e. The summed E-state index contributed by atoms with van der Waals surface area (Å²) >= 11 is 0. The zero-order valence-corrected chi connectivity index (χ0v) is 12.2. The second-order valence-electron chi connectivity index (χ2n) is 5.96. The van der Waals surface area contributed by atoms with Crippen LogP contribution in [0.1, 0.15) is 51.9 Å². The van der Waals surface area contributed by atoms with E-state index in [0.717, 1.165) is 32.2 Å². The molecule has 2 atom stereocenters. The normalized spacial score (nSPS) is 26.4. The zero-order chi connectivity index (χ0) is 13.8. The lowest BCUT2D eigenvalue weighted by atomic mass is 9.83. The van der Waals surface area contributed by atoms with Gasteiger partial charge in [-0.2, -0.15) is 0 Å². The second kappa shape index (κ2) is 6.51. The monoisotopic (exact) mass is 266 g/mol. The summed E-state index contributed by atoms with van der Waals surface area (Å²) in [5.41, 5.74) is 0. The molecule has 1 aliphatic heterocycles. The molecular formula is C15H26N2O2. The molecule has 4 nitrogen and oxygen atoms in total. The molecule has 2 fully saturated rings. The predicted molar refractivity (Wildman–Crippen MR) is 74.8 cm³/mol. The predicted octanol–water partition coefficient (Wildman–Crippen LogP) is 1.73. The van der Waals surface area contributed by atoms with E-state index in [1.54, 1.807) is 6.92 Å². The molecular weight excluding hydrogens is 240 g/mol. The van der Waals surface area contributed by atoms with Crippen molar-refractivity contribution < 1.29 is 9.59 Å². The van der Waals surface area contributed by atoms with Crippen molar-refractivity contribution >= 4 is 11.7 Å².